The summed E-state index contributed by atoms with van der Waals surface area (Å²) in [6, 6.07) is 8.42. The van der Waals surface area contributed by atoms with Gasteiger partial charge in [0, 0.05) is 34.6 Å². The number of nitrogens with two attached hydrogens (primary N) is 1. The van der Waals surface area contributed by atoms with Crippen LogP contribution in [0.15, 0.2) is 24.3 Å². The van der Waals surface area contributed by atoms with Crippen LogP contribution in [-0.4, -0.2) is 10.3 Å². The first kappa shape index (κ1) is 11.4. The molecule has 0 fully saturated rings. The maximum atomic E-state index is 5.81. The third kappa shape index (κ3) is 2.05. The molecule has 0 saturated carbocycles. The Hall–Kier alpha value is -1.09. The van der Waals surface area contributed by atoms with Crippen molar-refractivity contribution < 1.29 is 0 Å². The number of hydrogen-bond donors (Lipinski definition) is 1. The van der Waals surface area contributed by atoms with Crippen molar-refractivity contribution in [1.29, 1.82) is 0 Å². The van der Waals surface area contributed by atoms with E-state index in [0.717, 1.165) is 23.7 Å². The molecule has 2 N–H and O–H groups in total. The molecule has 16 heavy (non-hydrogen) atoms. The van der Waals surface area contributed by atoms with Gasteiger partial charge in [-0.05, 0) is 36.9 Å². The van der Waals surface area contributed by atoms with Gasteiger partial charge >= 0.3 is 0 Å². The largest absolute Gasteiger partial charge is 0.399 e. The van der Waals surface area contributed by atoms with Gasteiger partial charge in [0.25, 0.3) is 0 Å². The third-order valence-electron chi connectivity index (χ3n) is 2.78. The van der Waals surface area contributed by atoms with E-state index in [2.05, 4.69) is 36.6 Å². The Morgan fingerprint density at radius 1 is 1.25 bits per heavy atom. The molecule has 0 bridgehead atoms. The number of anilines is 1. The predicted molar refractivity (Wildman–Crippen MR) is 73.9 cm³/mol. The van der Waals surface area contributed by atoms with E-state index in [4.69, 9.17) is 5.73 Å². The van der Waals surface area contributed by atoms with Crippen molar-refractivity contribution in [3.05, 3.63) is 30.0 Å². The number of benzene rings is 1. The highest BCUT2D eigenvalue weighted by molar-refractivity contribution is 7.98. The topological polar surface area (TPSA) is 30.9 Å². The van der Waals surface area contributed by atoms with E-state index in [0.29, 0.717) is 0 Å². The van der Waals surface area contributed by atoms with Crippen LogP contribution in [0.3, 0.4) is 0 Å². The first-order valence-electron chi connectivity index (χ1n) is 5.71. The highest BCUT2D eigenvalue weighted by Gasteiger charge is 2.07. The van der Waals surface area contributed by atoms with Crippen molar-refractivity contribution >= 4 is 28.4 Å². The molecule has 2 rings (SSSR count). The van der Waals surface area contributed by atoms with Crippen LogP contribution in [0.1, 0.15) is 19.5 Å². The fraction of sp³-hybridized carbons (Fsp3) is 0.385. The predicted octanol–water partition coefficient (Wildman–Crippen LogP) is 3.50. The molecule has 1 heterocycles. The van der Waals surface area contributed by atoms with Gasteiger partial charge in [0.1, 0.15) is 0 Å². The maximum absolute atomic E-state index is 5.81. The van der Waals surface area contributed by atoms with Gasteiger partial charge in [0.15, 0.2) is 0 Å². The van der Waals surface area contributed by atoms with Crippen LogP contribution in [0, 0.1) is 0 Å². The molecule has 86 valence electrons. The Balaban J connectivity index is 2.48. The molecular weight excluding hydrogens is 216 g/mol. The van der Waals surface area contributed by atoms with Gasteiger partial charge in [-0.3, -0.25) is 0 Å². The van der Waals surface area contributed by atoms with Crippen LogP contribution < -0.4 is 5.73 Å². The number of aryl methyl sites for hydroxylation is 1. The minimum atomic E-state index is 0.843. The van der Waals surface area contributed by atoms with E-state index in [1.165, 1.54) is 16.6 Å². The molecule has 0 aliphatic carbocycles. The number of thioether (sulfide) groups is 1. The molecule has 0 radical (unpaired) electrons. The van der Waals surface area contributed by atoms with Crippen LogP contribution in [-0.2, 0) is 12.3 Å². The van der Waals surface area contributed by atoms with Gasteiger partial charge in [-0.2, -0.15) is 11.8 Å². The van der Waals surface area contributed by atoms with Gasteiger partial charge in [-0.1, -0.05) is 6.92 Å². The number of rotatable bonds is 4. The van der Waals surface area contributed by atoms with E-state index in [9.17, 15) is 0 Å². The monoisotopic (exact) mass is 234 g/mol. The zero-order valence-electron chi connectivity index (χ0n) is 9.86. The zero-order chi connectivity index (χ0) is 11.5. The Bertz CT molecular complexity index is 488. The third-order valence-corrected chi connectivity index (χ3v) is 3.69. The lowest BCUT2D eigenvalue weighted by atomic mass is 10.2. The fourth-order valence-corrected chi connectivity index (χ4v) is 2.70. The molecule has 0 unspecified atom stereocenters. The molecule has 1 aromatic heterocycles. The average Bonchev–Trinajstić information content (AvgIpc) is 2.62. The Kier molecular flexibility index (Phi) is 3.44. The number of hydrogen-bond acceptors (Lipinski definition) is 2. The second-order valence-electron chi connectivity index (χ2n) is 3.84. The van der Waals surface area contributed by atoms with Crippen molar-refractivity contribution in [3.8, 4) is 0 Å². The van der Waals surface area contributed by atoms with Crippen LogP contribution in [0.25, 0.3) is 10.9 Å². The van der Waals surface area contributed by atoms with Gasteiger partial charge in [-0.15, -0.1) is 0 Å². The molecule has 1 aromatic carbocycles. The summed E-state index contributed by atoms with van der Waals surface area (Å²) in [7, 11) is 0. The SMILES string of the molecule is CCSCc1cc2cc(N)ccc2n1CC. The van der Waals surface area contributed by atoms with Crippen LogP contribution >= 0.6 is 11.8 Å². The number of fused-ring (bicyclic) bond motifs is 1. The average molecular weight is 234 g/mol. The first-order valence-corrected chi connectivity index (χ1v) is 6.87. The van der Waals surface area contributed by atoms with Crippen LogP contribution in [0.5, 0.6) is 0 Å². The summed E-state index contributed by atoms with van der Waals surface area (Å²) in [5, 5.41) is 1.26. The lowest BCUT2D eigenvalue weighted by Crippen LogP contribution is -1.99. The number of aromatic nitrogens is 1. The van der Waals surface area contributed by atoms with E-state index >= 15 is 0 Å². The van der Waals surface area contributed by atoms with Gasteiger partial charge in [-0.25, -0.2) is 0 Å². The second kappa shape index (κ2) is 4.83. The molecule has 0 amide bonds. The van der Waals surface area contributed by atoms with E-state index in [-0.39, 0.29) is 0 Å². The van der Waals surface area contributed by atoms with E-state index < -0.39 is 0 Å². The molecular formula is C13H18N2S. The second-order valence-corrected chi connectivity index (χ2v) is 5.11. The Morgan fingerprint density at radius 3 is 2.75 bits per heavy atom. The minimum Gasteiger partial charge on any atom is -0.399 e. The molecule has 0 spiro atoms. The molecule has 0 atom stereocenters. The minimum absolute atomic E-state index is 0.843. The first-order chi connectivity index (χ1) is 7.76. The molecule has 0 aliphatic heterocycles. The van der Waals surface area contributed by atoms with Gasteiger partial charge < -0.3 is 10.3 Å². The van der Waals surface area contributed by atoms with Crippen molar-refractivity contribution in [2.75, 3.05) is 11.5 Å². The highest BCUT2D eigenvalue weighted by Crippen LogP contribution is 2.24. The smallest absolute Gasteiger partial charge is 0.0484 e. The fourth-order valence-electron chi connectivity index (χ4n) is 2.05. The summed E-state index contributed by atoms with van der Waals surface area (Å²) in [6.45, 7) is 5.41. The van der Waals surface area contributed by atoms with Crippen LogP contribution in [0.2, 0.25) is 0 Å². The summed E-state index contributed by atoms with van der Waals surface area (Å²) >= 11 is 1.96. The molecule has 2 aromatic rings. The molecule has 0 aliphatic rings. The summed E-state index contributed by atoms with van der Waals surface area (Å²) in [6.07, 6.45) is 0. The number of nitrogens with zero attached hydrogens (tertiary/aromatic N) is 1. The van der Waals surface area contributed by atoms with Crippen molar-refractivity contribution in [2.45, 2.75) is 26.1 Å². The van der Waals surface area contributed by atoms with Gasteiger partial charge in [0.05, 0.1) is 0 Å². The number of nitrogen functional groups attached to an aromatic ring is 1. The summed E-state index contributed by atoms with van der Waals surface area (Å²) in [4.78, 5) is 0. The highest BCUT2D eigenvalue weighted by atomic mass is 32.2. The Morgan fingerprint density at radius 2 is 2.06 bits per heavy atom. The quantitative estimate of drug-likeness (QED) is 0.821. The summed E-state index contributed by atoms with van der Waals surface area (Å²) in [5.41, 5.74) is 9.35. The molecule has 2 nitrogen and oxygen atoms in total. The molecule has 0 saturated heterocycles. The van der Waals surface area contributed by atoms with Gasteiger partial charge in [0.2, 0.25) is 0 Å². The summed E-state index contributed by atoms with van der Waals surface area (Å²) < 4.78 is 2.37. The normalized spacial score (nSPS) is 11.1. The maximum Gasteiger partial charge on any atom is 0.0484 e. The van der Waals surface area contributed by atoms with Crippen LogP contribution in [0.4, 0.5) is 5.69 Å². The van der Waals surface area contributed by atoms with Crippen molar-refractivity contribution in [2.24, 2.45) is 0 Å². The lowest BCUT2D eigenvalue weighted by molar-refractivity contribution is 0.765. The van der Waals surface area contributed by atoms with Crippen molar-refractivity contribution in [3.63, 3.8) is 0 Å². The Labute approximate surface area is 101 Å². The van der Waals surface area contributed by atoms with Crippen molar-refractivity contribution in [1.82, 2.24) is 4.57 Å². The van der Waals surface area contributed by atoms with E-state index in [1.807, 2.05) is 17.8 Å². The summed E-state index contributed by atoms with van der Waals surface area (Å²) in [5.74, 6) is 2.24. The lowest BCUT2D eigenvalue weighted by Gasteiger charge is -2.07. The standard InChI is InChI=1S/C13H18N2S/c1-3-15-12(9-16-4-2)8-10-7-11(14)5-6-13(10)15/h5-8H,3-4,9,14H2,1-2H3. The molecule has 3 heteroatoms. The van der Waals surface area contributed by atoms with E-state index in [1.54, 1.807) is 0 Å². The zero-order valence-corrected chi connectivity index (χ0v) is 10.7.